The van der Waals surface area contributed by atoms with Crippen molar-refractivity contribution in [1.82, 2.24) is 0 Å². The normalized spacial score (nSPS) is 11.9. The van der Waals surface area contributed by atoms with Crippen molar-refractivity contribution in [2.45, 2.75) is 16.7 Å². The van der Waals surface area contributed by atoms with Gasteiger partial charge in [-0.15, -0.1) is 0 Å². The van der Waals surface area contributed by atoms with Crippen molar-refractivity contribution in [3.63, 3.8) is 0 Å². The van der Waals surface area contributed by atoms with Crippen LogP contribution < -0.4 is 0 Å². The molecule has 0 amide bonds. The van der Waals surface area contributed by atoms with E-state index in [1.807, 2.05) is 85.8 Å². The summed E-state index contributed by atoms with van der Waals surface area (Å²) in [7, 11) is -1.22. The molecule has 3 aromatic carbocycles. The average molecular weight is 318 g/mol. The molecule has 0 aliphatic rings. The van der Waals surface area contributed by atoms with E-state index in [9.17, 15) is 4.21 Å². The third-order valence-corrected chi connectivity index (χ3v) is 5.23. The second-order valence-corrected chi connectivity index (χ2v) is 6.87. The Bertz CT molecular complexity index is 849. The predicted octanol–water partition coefficient (Wildman–Crippen LogP) is 5.22. The third-order valence-electron chi connectivity index (χ3n) is 3.77. The molecule has 1 atom stereocenters. The van der Waals surface area contributed by atoms with E-state index in [0.717, 1.165) is 32.1 Å². The third kappa shape index (κ3) is 3.33. The highest BCUT2D eigenvalue weighted by molar-refractivity contribution is 7.85. The topological polar surface area (TPSA) is 17.1 Å². The van der Waals surface area contributed by atoms with Gasteiger partial charge in [-0.25, -0.2) is 4.21 Å². The van der Waals surface area contributed by atoms with Crippen LogP contribution in [0, 0.1) is 6.92 Å². The Kier molecular flexibility index (Phi) is 4.54. The van der Waals surface area contributed by atoms with Gasteiger partial charge in [0.1, 0.15) is 0 Å². The lowest BCUT2D eigenvalue weighted by atomic mass is 10.00. The molecule has 3 rings (SSSR count). The van der Waals surface area contributed by atoms with Gasteiger partial charge in [-0.2, -0.15) is 0 Å². The van der Waals surface area contributed by atoms with Crippen LogP contribution in [0.4, 0.5) is 0 Å². The average Bonchev–Trinajstić information content (AvgIpc) is 2.62. The summed E-state index contributed by atoms with van der Waals surface area (Å²) < 4.78 is 13.0. The number of aryl methyl sites for hydroxylation is 1. The van der Waals surface area contributed by atoms with Crippen molar-refractivity contribution in [2.24, 2.45) is 0 Å². The smallest absolute Gasteiger partial charge is 0.0855 e. The lowest BCUT2D eigenvalue weighted by Crippen LogP contribution is -1.99. The summed E-state index contributed by atoms with van der Waals surface area (Å²) in [5.74, 6) is 0. The van der Waals surface area contributed by atoms with Crippen LogP contribution in [0.1, 0.15) is 16.7 Å². The fourth-order valence-corrected chi connectivity index (χ4v) is 3.69. The molecular weight excluding hydrogens is 300 g/mol. The van der Waals surface area contributed by atoms with Crippen LogP contribution >= 0.6 is 0 Å². The Morgan fingerprint density at radius 2 is 1.43 bits per heavy atom. The number of rotatable bonds is 4. The maximum absolute atomic E-state index is 13.0. The minimum absolute atomic E-state index is 0.796. The van der Waals surface area contributed by atoms with Gasteiger partial charge < -0.3 is 0 Å². The minimum Gasteiger partial charge on any atom is -0.249 e. The van der Waals surface area contributed by atoms with Crippen LogP contribution in [-0.4, -0.2) is 4.21 Å². The monoisotopic (exact) mass is 318 g/mol. The summed E-state index contributed by atoms with van der Waals surface area (Å²) in [5.41, 5.74) is 4.02. The Labute approximate surface area is 139 Å². The predicted molar refractivity (Wildman–Crippen MR) is 96.9 cm³/mol. The summed E-state index contributed by atoms with van der Waals surface area (Å²) in [6.07, 6.45) is 0. The Hall–Kier alpha value is -2.45. The van der Waals surface area contributed by atoms with Crippen LogP contribution in [0.3, 0.4) is 0 Å². The first-order chi connectivity index (χ1) is 11.2. The molecule has 1 nitrogen and oxygen atoms in total. The highest BCUT2D eigenvalue weighted by Gasteiger charge is 2.14. The maximum atomic E-state index is 13.0. The first-order valence-electron chi connectivity index (χ1n) is 7.49. The van der Waals surface area contributed by atoms with E-state index in [1.54, 1.807) is 0 Å². The van der Waals surface area contributed by atoms with Crippen LogP contribution in [0.25, 0.3) is 5.57 Å². The van der Waals surface area contributed by atoms with Gasteiger partial charge in [-0.05, 0) is 41.8 Å². The molecule has 0 saturated carbocycles. The zero-order valence-corrected chi connectivity index (χ0v) is 13.8. The van der Waals surface area contributed by atoms with Crippen molar-refractivity contribution >= 4 is 16.4 Å². The molecule has 0 bridgehead atoms. The highest BCUT2D eigenvalue weighted by atomic mass is 32.2. The van der Waals surface area contributed by atoms with E-state index in [2.05, 4.69) is 6.58 Å². The first-order valence-corrected chi connectivity index (χ1v) is 8.64. The standard InChI is InChI=1S/C21H18OS/c1-16-12-14-19(15-13-16)23(22)21-11-7-6-10-20(21)17(2)18-8-4-3-5-9-18/h3-15H,2H2,1H3/t23-/m0/s1. The summed E-state index contributed by atoms with van der Waals surface area (Å²) in [6, 6.07) is 25.6. The van der Waals surface area contributed by atoms with Gasteiger partial charge >= 0.3 is 0 Å². The second-order valence-electron chi connectivity index (χ2n) is 5.42. The lowest BCUT2D eigenvalue weighted by molar-refractivity contribution is 0.683. The Morgan fingerprint density at radius 1 is 0.826 bits per heavy atom. The molecule has 2 heteroatoms. The highest BCUT2D eigenvalue weighted by Crippen LogP contribution is 2.29. The van der Waals surface area contributed by atoms with Gasteiger partial charge in [0, 0.05) is 4.90 Å². The quantitative estimate of drug-likeness (QED) is 0.644. The minimum atomic E-state index is -1.22. The van der Waals surface area contributed by atoms with Gasteiger partial charge in [0.05, 0.1) is 15.7 Å². The molecule has 0 radical (unpaired) electrons. The Morgan fingerprint density at radius 3 is 2.13 bits per heavy atom. The van der Waals surface area contributed by atoms with E-state index in [0.29, 0.717) is 0 Å². The summed E-state index contributed by atoms with van der Waals surface area (Å²) in [5, 5.41) is 0. The molecular formula is C21H18OS. The molecule has 0 aliphatic heterocycles. The van der Waals surface area contributed by atoms with Crippen LogP contribution in [-0.2, 0) is 10.8 Å². The van der Waals surface area contributed by atoms with Crippen LogP contribution in [0.2, 0.25) is 0 Å². The molecule has 114 valence electrons. The molecule has 0 spiro atoms. The van der Waals surface area contributed by atoms with E-state index >= 15 is 0 Å². The molecule has 0 N–H and O–H groups in total. The lowest BCUT2D eigenvalue weighted by Gasteiger charge is -2.12. The second kappa shape index (κ2) is 6.76. The van der Waals surface area contributed by atoms with Crippen molar-refractivity contribution in [1.29, 1.82) is 0 Å². The Balaban J connectivity index is 2.03. The molecule has 0 aliphatic carbocycles. The van der Waals surface area contributed by atoms with Gasteiger partial charge in [0.2, 0.25) is 0 Å². The maximum Gasteiger partial charge on any atom is 0.0855 e. The van der Waals surface area contributed by atoms with E-state index in [-0.39, 0.29) is 0 Å². The van der Waals surface area contributed by atoms with Crippen LogP contribution in [0.5, 0.6) is 0 Å². The molecule has 0 fully saturated rings. The first kappa shape index (κ1) is 15.4. The van der Waals surface area contributed by atoms with Crippen molar-refractivity contribution in [3.8, 4) is 0 Å². The number of hydrogen-bond acceptors (Lipinski definition) is 1. The zero-order chi connectivity index (χ0) is 16.2. The molecule has 3 aromatic rings. The van der Waals surface area contributed by atoms with Crippen molar-refractivity contribution in [2.75, 3.05) is 0 Å². The van der Waals surface area contributed by atoms with Crippen molar-refractivity contribution in [3.05, 3.63) is 102 Å². The molecule has 23 heavy (non-hydrogen) atoms. The van der Waals surface area contributed by atoms with Gasteiger partial charge in [-0.1, -0.05) is 72.8 Å². The van der Waals surface area contributed by atoms with E-state index in [4.69, 9.17) is 0 Å². The largest absolute Gasteiger partial charge is 0.249 e. The molecule has 0 saturated heterocycles. The fraction of sp³-hybridized carbons (Fsp3) is 0.0476. The van der Waals surface area contributed by atoms with Crippen LogP contribution in [0.15, 0.2) is 95.2 Å². The van der Waals surface area contributed by atoms with Gasteiger partial charge in [0.15, 0.2) is 0 Å². The van der Waals surface area contributed by atoms with E-state index in [1.165, 1.54) is 0 Å². The summed E-state index contributed by atoms with van der Waals surface area (Å²) in [6.45, 7) is 6.24. The van der Waals surface area contributed by atoms with E-state index < -0.39 is 10.8 Å². The summed E-state index contributed by atoms with van der Waals surface area (Å²) in [4.78, 5) is 1.61. The fourth-order valence-electron chi connectivity index (χ4n) is 2.46. The van der Waals surface area contributed by atoms with Crippen molar-refractivity contribution < 1.29 is 4.21 Å². The SMILES string of the molecule is C=C(c1ccccc1)c1ccccc1[S@@](=O)c1ccc(C)cc1. The van der Waals surface area contributed by atoms with Gasteiger partial charge in [-0.3, -0.25) is 0 Å². The van der Waals surface area contributed by atoms with Gasteiger partial charge in [0.25, 0.3) is 0 Å². The number of benzene rings is 3. The molecule has 0 heterocycles. The zero-order valence-electron chi connectivity index (χ0n) is 13.0. The summed E-state index contributed by atoms with van der Waals surface area (Å²) >= 11 is 0. The molecule has 0 unspecified atom stereocenters. The number of hydrogen-bond donors (Lipinski definition) is 0. The molecule has 0 aromatic heterocycles.